The van der Waals surface area contributed by atoms with Crippen molar-refractivity contribution in [1.82, 2.24) is 0 Å². The summed E-state index contributed by atoms with van der Waals surface area (Å²) in [5.41, 5.74) is 51.2. The van der Waals surface area contributed by atoms with E-state index in [0.29, 0.717) is 0 Å². The monoisotopic (exact) mass is 1810 g/mol. The second-order valence-corrected chi connectivity index (χ2v) is 44.0. The summed E-state index contributed by atoms with van der Waals surface area (Å²) in [6.45, 7) is 24.3. The van der Waals surface area contributed by atoms with Crippen LogP contribution in [0.3, 0.4) is 0 Å². The average molecular weight is 1810 g/mol. The van der Waals surface area contributed by atoms with E-state index < -0.39 is 10.8 Å². The number of furan rings is 2. The molecule has 0 amide bonds. The van der Waals surface area contributed by atoms with Crippen LogP contribution in [0.5, 0.6) is 0 Å². The van der Waals surface area contributed by atoms with Crippen molar-refractivity contribution in [2.24, 2.45) is 0 Å². The molecule has 25 rings (SSSR count). The topological polar surface area (TPSA) is 29.5 Å². The van der Waals surface area contributed by atoms with Crippen molar-refractivity contribution in [3.8, 4) is 111 Å². The van der Waals surface area contributed by atoms with Crippen LogP contribution in [0, 0.1) is 0 Å². The molecule has 0 unspecified atom stereocenters. The van der Waals surface area contributed by atoms with Gasteiger partial charge in [0.1, 0.15) is 22.3 Å². The van der Waals surface area contributed by atoms with Gasteiger partial charge in [0.2, 0.25) is 0 Å². The second kappa shape index (κ2) is 33.9. The van der Waals surface area contributed by atoms with Crippen LogP contribution < -0.4 is 4.90 Å². The average Bonchev–Trinajstić information content (AvgIpc) is 1.51. The third-order valence-electron chi connectivity index (χ3n) is 35.2. The Morgan fingerprint density at radius 2 is 0.540 bits per heavy atom. The molecule has 2 aromatic heterocycles. The minimum atomic E-state index is -0.557. The van der Waals surface area contributed by atoms with Gasteiger partial charge in [-0.2, -0.15) is 0 Å². The Bertz CT molecular complexity index is 7900. The predicted molar refractivity (Wildman–Crippen MR) is 587 cm³/mol. The molecular formula is C136H129NO2. The highest BCUT2D eigenvalue weighted by molar-refractivity contribution is 6.22. The van der Waals surface area contributed by atoms with E-state index in [0.717, 1.165) is 59.4 Å². The summed E-state index contributed by atoms with van der Waals surface area (Å²) in [7, 11) is 0. The van der Waals surface area contributed by atoms with Gasteiger partial charge in [-0.3, -0.25) is 0 Å². The van der Waals surface area contributed by atoms with Crippen LogP contribution in [0.1, 0.15) is 301 Å². The van der Waals surface area contributed by atoms with Gasteiger partial charge >= 0.3 is 0 Å². The Kier molecular flexibility index (Phi) is 21.3. The molecule has 0 radical (unpaired) electrons. The number of anilines is 3. The maximum absolute atomic E-state index is 7.52. The smallest absolute Gasteiger partial charge is 0.144 e. The zero-order chi connectivity index (χ0) is 94.0. The lowest BCUT2D eigenvalue weighted by Crippen LogP contribution is -2.26. The van der Waals surface area contributed by atoms with E-state index in [-0.39, 0.29) is 21.7 Å². The van der Waals surface area contributed by atoms with Gasteiger partial charge in [0.25, 0.3) is 0 Å². The zero-order valence-electron chi connectivity index (χ0n) is 83.2. The van der Waals surface area contributed by atoms with Gasteiger partial charge < -0.3 is 13.7 Å². The standard InChI is InChI=1S/C136H129NO2/c1-11-15-19-23-41-75-134(76-42-24-20-16-12-2)109-53-35-27-45-94(109)100-71-65-90(81-116(100)134)89-64-70-99-98-69-63-88(79-113(98)131(5,6)114(99)80-89)86-59-61-87(62-60-86)107-85-119-122(124-105-50-32-39-57-120(105)138-129(107)124)104-74-68-92(83-117(104)135(119,77-43-25-21-17-13-3)78-44-26-22-18-14-4)137(93-66-72-101-97-48-30-38-56-112(97)136(118(101)84-93)110-54-36-28-46-95(110)96-47-29-37-55-111(96)136)91-67-73-103-115(82-91)133(9,10)127-123(103)125-106-51-33-40-58-121(106)139-130(125)126-102-49-31-34-52-108(102)132(7,8)128(126)127/h27-40,45-74,79-85H,11-26,41-44,75-78H2,1-10H3. The first-order valence-electron chi connectivity index (χ1n) is 53.3. The molecule has 7 aliphatic carbocycles. The maximum atomic E-state index is 7.52. The highest BCUT2D eigenvalue weighted by Gasteiger charge is 2.55. The molecule has 7 aliphatic rings. The summed E-state index contributed by atoms with van der Waals surface area (Å²) < 4.78 is 14.8. The summed E-state index contributed by atoms with van der Waals surface area (Å²) >= 11 is 0. The number of benzene rings is 16. The first kappa shape index (κ1) is 87.4. The van der Waals surface area contributed by atoms with Crippen LogP contribution in [0.15, 0.2) is 318 Å². The molecule has 18 aromatic rings. The van der Waals surface area contributed by atoms with E-state index in [1.165, 1.54) is 334 Å². The Balaban J connectivity index is 0.631. The number of fused-ring (bicyclic) bond motifs is 35. The fraction of sp³-hybridized carbons (Fsp3) is 0.294. The molecule has 3 heteroatoms. The van der Waals surface area contributed by atoms with Crippen LogP contribution in [0.25, 0.3) is 155 Å². The highest BCUT2D eigenvalue weighted by Crippen LogP contribution is 2.69. The van der Waals surface area contributed by atoms with Gasteiger partial charge in [0.05, 0.1) is 5.41 Å². The molecule has 0 bridgehead atoms. The summed E-state index contributed by atoms with van der Waals surface area (Å²) in [5.74, 6) is 0. The number of hydrogen-bond donors (Lipinski definition) is 0. The molecule has 0 saturated carbocycles. The van der Waals surface area contributed by atoms with Gasteiger partial charge in [0.15, 0.2) is 0 Å². The molecule has 0 fully saturated rings. The number of rotatable bonds is 30. The van der Waals surface area contributed by atoms with Crippen LogP contribution >= 0.6 is 0 Å². The van der Waals surface area contributed by atoms with E-state index in [9.17, 15) is 0 Å². The summed E-state index contributed by atoms with van der Waals surface area (Å²) in [5, 5.41) is 4.80. The van der Waals surface area contributed by atoms with Gasteiger partial charge in [-0.05, 0) is 277 Å². The number of nitrogens with zero attached hydrogens (tertiary/aromatic N) is 1. The van der Waals surface area contributed by atoms with E-state index in [4.69, 9.17) is 8.83 Å². The first-order valence-corrected chi connectivity index (χ1v) is 53.3. The third-order valence-corrected chi connectivity index (χ3v) is 35.2. The van der Waals surface area contributed by atoms with Crippen molar-refractivity contribution in [2.45, 2.75) is 256 Å². The maximum Gasteiger partial charge on any atom is 0.144 e. The number of hydrogen-bond acceptors (Lipinski definition) is 3. The van der Waals surface area contributed by atoms with E-state index in [2.05, 4.69) is 384 Å². The first-order chi connectivity index (χ1) is 68.0. The van der Waals surface area contributed by atoms with Crippen molar-refractivity contribution in [3.05, 3.63) is 387 Å². The minimum Gasteiger partial charge on any atom is -0.455 e. The molecule has 0 saturated heterocycles. The second-order valence-electron chi connectivity index (χ2n) is 44.0. The zero-order valence-corrected chi connectivity index (χ0v) is 83.2. The molecule has 2 heterocycles. The summed E-state index contributed by atoms with van der Waals surface area (Å²) in [6.07, 6.45) is 29.5. The molecule has 0 aliphatic heterocycles. The molecule has 0 atom stereocenters. The molecule has 16 aromatic carbocycles. The van der Waals surface area contributed by atoms with Crippen LogP contribution in [-0.4, -0.2) is 0 Å². The highest BCUT2D eigenvalue weighted by atomic mass is 16.3. The van der Waals surface area contributed by atoms with Crippen LogP contribution in [0.2, 0.25) is 0 Å². The molecule has 1 spiro atoms. The van der Waals surface area contributed by atoms with Crippen molar-refractivity contribution in [3.63, 3.8) is 0 Å². The Labute approximate surface area is 823 Å². The number of para-hydroxylation sites is 2. The van der Waals surface area contributed by atoms with Gasteiger partial charge in [-0.25, -0.2) is 0 Å². The summed E-state index contributed by atoms with van der Waals surface area (Å²) in [6, 6.07) is 122. The Morgan fingerprint density at radius 3 is 1.06 bits per heavy atom. The molecular weight excluding hydrogens is 1680 g/mol. The largest absolute Gasteiger partial charge is 0.455 e. The molecule has 690 valence electrons. The van der Waals surface area contributed by atoms with E-state index in [1.54, 1.807) is 11.1 Å². The van der Waals surface area contributed by atoms with Crippen LogP contribution in [0.4, 0.5) is 17.1 Å². The van der Waals surface area contributed by atoms with Gasteiger partial charge in [-0.1, -0.05) is 434 Å². The number of unbranched alkanes of at least 4 members (excludes halogenated alkanes) is 16. The van der Waals surface area contributed by atoms with Gasteiger partial charge in [-0.15, -0.1) is 0 Å². The van der Waals surface area contributed by atoms with Crippen molar-refractivity contribution < 1.29 is 8.83 Å². The van der Waals surface area contributed by atoms with Crippen LogP contribution in [-0.2, 0) is 32.5 Å². The fourth-order valence-electron chi connectivity index (χ4n) is 28.6. The summed E-state index contributed by atoms with van der Waals surface area (Å²) in [4.78, 5) is 2.70. The Hall–Kier alpha value is -13.1. The van der Waals surface area contributed by atoms with Crippen molar-refractivity contribution >= 4 is 60.9 Å². The lowest BCUT2D eigenvalue weighted by Gasteiger charge is -2.35. The van der Waals surface area contributed by atoms with Gasteiger partial charge in [0, 0.05) is 76.8 Å². The minimum absolute atomic E-state index is 0.0293. The van der Waals surface area contributed by atoms with Crippen molar-refractivity contribution in [2.75, 3.05) is 4.90 Å². The lowest BCUT2D eigenvalue weighted by atomic mass is 9.70. The van der Waals surface area contributed by atoms with E-state index in [1.807, 2.05) is 0 Å². The molecule has 0 N–H and O–H groups in total. The predicted octanol–water partition coefficient (Wildman–Crippen LogP) is 39.2. The molecule has 139 heavy (non-hydrogen) atoms. The van der Waals surface area contributed by atoms with Crippen molar-refractivity contribution in [1.29, 1.82) is 0 Å². The normalized spacial score (nSPS) is 15.4. The third kappa shape index (κ3) is 13.1. The quantitative estimate of drug-likeness (QED) is 0.0420. The SMILES string of the molecule is CCCCCCCC1(CCCCCCC)c2ccccc2-c2ccc(-c3ccc4c(c3)C(C)(C)c3cc(-c5ccc(-c6cc7c(c8c6oc6ccccc68)-c6ccc(N(c8ccc9c(c8)C(C)(C)c8c%10c(c%11oc%12ccccc%12c%11c8-9)-c8ccccc8C%10(C)C)c8ccc9c(c8)C8(c%10ccccc%10-c%10ccccc%108)c8ccccc8-9)cc6C7(CCCCCCC)CCCCCCC)cc5)ccc3-4)cc21. The van der Waals surface area contributed by atoms with E-state index >= 15 is 0 Å². The lowest BCUT2D eigenvalue weighted by molar-refractivity contribution is 0.399. The fourth-order valence-corrected chi connectivity index (χ4v) is 28.6. The molecule has 3 nitrogen and oxygen atoms in total. The Morgan fingerprint density at radius 1 is 0.216 bits per heavy atom.